The summed E-state index contributed by atoms with van der Waals surface area (Å²) in [5, 5.41) is 16.4. The van der Waals surface area contributed by atoms with Gasteiger partial charge in [-0.3, -0.25) is 10.2 Å². The highest BCUT2D eigenvalue weighted by Crippen LogP contribution is 2.31. The maximum Gasteiger partial charge on any atom is 0.432 e. The van der Waals surface area contributed by atoms with Crippen molar-refractivity contribution in [2.24, 2.45) is 11.7 Å². The number of hydrogen-bond donors (Lipinski definition) is 5. The highest BCUT2D eigenvalue weighted by Gasteiger charge is 2.33. The van der Waals surface area contributed by atoms with Crippen LogP contribution in [0.4, 0.5) is 24.5 Å². The molecular weight excluding hydrogens is 491 g/mol. The quantitative estimate of drug-likeness (QED) is 0.164. The first-order valence-electron chi connectivity index (χ1n) is 12.4. The number of allylic oxidation sites excluding steroid dienone is 1. The molecule has 4 rings (SSSR count). The van der Waals surface area contributed by atoms with E-state index in [-0.39, 0.29) is 12.6 Å². The van der Waals surface area contributed by atoms with Crippen molar-refractivity contribution in [3.63, 3.8) is 0 Å². The zero-order valence-electron chi connectivity index (χ0n) is 20.7. The molecule has 6 N–H and O–H groups in total. The van der Waals surface area contributed by atoms with Gasteiger partial charge in [0.1, 0.15) is 11.4 Å². The fraction of sp³-hybridized carbons (Fsp3) is 0.241. The van der Waals surface area contributed by atoms with Crippen molar-refractivity contribution in [2.75, 3.05) is 17.2 Å². The summed E-state index contributed by atoms with van der Waals surface area (Å²) in [4.78, 5) is 13.2. The van der Waals surface area contributed by atoms with E-state index in [1.807, 2.05) is 36.4 Å². The van der Waals surface area contributed by atoms with Gasteiger partial charge in [-0.15, -0.1) is 0 Å². The summed E-state index contributed by atoms with van der Waals surface area (Å²) in [6, 6.07) is 23.7. The lowest BCUT2D eigenvalue weighted by Gasteiger charge is -2.21. The molecule has 0 radical (unpaired) electrons. The van der Waals surface area contributed by atoms with Crippen LogP contribution in [0.3, 0.4) is 0 Å². The van der Waals surface area contributed by atoms with Gasteiger partial charge in [0.15, 0.2) is 0 Å². The molecule has 6 nitrogen and oxygen atoms in total. The molecule has 3 aromatic rings. The van der Waals surface area contributed by atoms with E-state index in [0.29, 0.717) is 23.4 Å². The summed E-state index contributed by atoms with van der Waals surface area (Å²) in [6.45, 7) is 1.09. The summed E-state index contributed by atoms with van der Waals surface area (Å²) in [5.74, 6) is -0.152. The predicted octanol–water partition coefficient (Wildman–Crippen LogP) is 5.75. The second kappa shape index (κ2) is 12.1. The van der Waals surface area contributed by atoms with Crippen LogP contribution in [0.25, 0.3) is 0 Å². The number of carbonyl (C=O) groups is 1. The van der Waals surface area contributed by atoms with E-state index >= 15 is 0 Å². The van der Waals surface area contributed by atoms with E-state index in [4.69, 9.17) is 11.1 Å². The average Bonchev–Trinajstić information content (AvgIpc) is 3.73. The maximum absolute atomic E-state index is 13.2. The molecule has 1 atom stereocenters. The first-order valence-corrected chi connectivity index (χ1v) is 12.4. The summed E-state index contributed by atoms with van der Waals surface area (Å²) >= 11 is 0. The van der Waals surface area contributed by atoms with Crippen LogP contribution in [-0.4, -0.2) is 24.3 Å². The molecule has 0 saturated heterocycles. The van der Waals surface area contributed by atoms with Crippen LogP contribution in [0.2, 0.25) is 0 Å². The number of alkyl halides is 3. The monoisotopic (exact) mass is 521 g/mol. The zero-order chi connectivity index (χ0) is 27.1. The van der Waals surface area contributed by atoms with Gasteiger partial charge in [0.05, 0.1) is 6.04 Å². The van der Waals surface area contributed by atoms with Gasteiger partial charge in [-0.1, -0.05) is 54.6 Å². The van der Waals surface area contributed by atoms with Crippen LogP contribution >= 0.6 is 0 Å². The second-order valence-corrected chi connectivity index (χ2v) is 9.27. The summed E-state index contributed by atoms with van der Waals surface area (Å²) < 4.78 is 39.4. The number of nitrogens with two attached hydrogens (primary N) is 1. The van der Waals surface area contributed by atoms with Crippen molar-refractivity contribution in [2.45, 2.75) is 31.6 Å². The van der Waals surface area contributed by atoms with Gasteiger partial charge in [-0.25, -0.2) is 0 Å². The van der Waals surface area contributed by atoms with Gasteiger partial charge in [0, 0.05) is 17.9 Å². The molecule has 1 aliphatic carbocycles. The molecule has 0 aromatic heterocycles. The summed E-state index contributed by atoms with van der Waals surface area (Å²) in [7, 11) is 0. The fourth-order valence-corrected chi connectivity index (χ4v) is 3.99. The minimum atomic E-state index is -4.90. The lowest BCUT2D eigenvalue weighted by molar-refractivity contribution is -0.112. The van der Waals surface area contributed by atoms with Gasteiger partial charge >= 0.3 is 6.18 Å². The van der Waals surface area contributed by atoms with E-state index in [1.165, 1.54) is 12.8 Å². The van der Waals surface area contributed by atoms with Crippen molar-refractivity contribution >= 4 is 23.0 Å². The lowest BCUT2D eigenvalue weighted by atomic mass is 9.98. The zero-order valence-corrected chi connectivity index (χ0v) is 20.7. The van der Waals surface area contributed by atoms with Crippen LogP contribution < -0.4 is 21.7 Å². The molecule has 0 heterocycles. The SMILES string of the molecule is N=C(/C=C(\Nc1cccc(CN)c1)C(=O)Nc1cccc(C(NCC2CC2)c2ccccc2)c1)C(F)(F)F. The number of rotatable bonds is 11. The van der Waals surface area contributed by atoms with E-state index in [2.05, 4.69) is 16.0 Å². The van der Waals surface area contributed by atoms with E-state index in [1.54, 1.807) is 42.5 Å². The Morgan fingerprint density at radius 1 is 0.947 bits per heavy atom. The third-order valence-electron chi connectivity index (χ3n) is 6.20. The second-order valence-electron chi connectivity index (χ2n) is 9.27. The van der Waals surface area contributed by atoms with Gasteiger partial charge in [-0.05, 0) is 72.3 Å². The van der Waals surface area contributed by atoms with E-state index in [0.717, 1.165) is 23.2 Å². The third kappa shape index (κ3) is 7.53. The fourth-order valence-electron chi connectivity index (χ4n) is 3.99. The van der Waals surface area contributed by atoms with Crippen LogP contribution in [-0.2, 0) is 11.3 Å². The van der Waals surface area contributed by atoms with Gasteiger partial charge in [-0.2, -0.15) is 13.2 Å². The largest absolute Gasteiger partial charge is 0.432 e. The number of hydrogen-bond acceptors (Lipinski definition) is 5. The van der Waals surface area contributed by atoms with Crippen LogP contribution in [0.15, 0.2) is 90.6 Å². The molecular formula is C29H30F3N5O. The number of nitrogens with one attached hydrogen (secondary N) is 4. The van der Waals surface area contributed by atoms with E-state index < -0.39 is 23.5 Å². The Labute approximate surface area is 219 Å². The van der Waals surface area contributed by atoms with Crippen molar-refractivity contribution in [1.29, 1.82) is 5.41 Å². The lowest BCUT2D eigenvalue weighted by Crippen LogP contribution is -2.26. The molecule has 3 aromatic carbocycles. The summed E-state index contributed by atoms with van der Waals surface area (Å²) in [6.07, 6.45) is -2.01. The van der Waals surface area contributed by atoms with Gasteiger partial charge < -0.3 is 21.7 Å². The Balaban J connectivity index is 1.58. The Bertz CT molecular complexity index is 1300. The maximum atomic E-state index is 13.2. The number of carbonyl (C=O) groups excluding carboxylic acids is 1. The molecule has 0 bridgehead atoms. The highest BCUT2D eigenvalue weighted by atomic mass is 19.4. The number of halogens is 3. The molecule has 1 fully saturated rings. The standard InChI is InChI=1S/C29H30F3N5O/c30-29(31,32)26(34)16-25(36-23-10-4-6-20(14-23)17-33)28(38)37-24-11-5-9-22(15-24)27(35-18-19-12-13-19)21-7-2-1-3-8-21/h1-11,14-16,19,27,34-36H,12-13,17-18,33H2,(H,37,38)/b25-16-,34-26?. The number of anilines is 2. The van der Waals surface area contributed by atoms with Crippen molar-refractivity contribution in [3.8, 4) is 0 Å². The van der Waals surface area contributed by atoms with Gasteiger partial charge in [0.25, 0.3) is 5.91 Å². The molecule has 38 heavy (non-hydrogen) atoms. The minimum Gasteiger partial charge on any atom is -0.351 e. The molecule has 0 spiro atoms. The van der Waals surface area contributed by atoms with E-state index in [9.17, 15) is 18.0 Å². The van der Waals surface area contributed by atoms with Crippen LogP contribution in [0, 0.1) is 11.3 Å². The molecule has 1 amide bonds. The van der Waals surface area contributed by atoms with Crippen molar-refractivity contribution in [1.82, 2.24) is 5.32 Å². The summed E-state index contributed by atoms with van der Waals surface area (Å²) in [5.41, 5.74) is 7.11. The smallest absolute Gasteiger partial charge is 0.351 e. The van der Waals surface area contributed by atoms with Crippen molar-refractivity contribution in [3.05, 3.63) is 107 Å². The Kier molecular flexibility index (Phi) is 8.60. The highest BCUT2D eigenvalue weighted by molar-refractivity contribution is 6.11. The van der Waals surface area contributed by atoms with Gasteiger partial charge in [0.2, 0.25) is 0 Å². The number of benzene rings is 3. The molecule has 1 aliphatic rings. The van der Waals surface area contributed by atoms with Crippen LogP contribution in [0.5, 0.6) is 0 Å². The molecule has 1 saturated carbocycles. The predicted molar refractivity (Wildman–Crippen MR) is 144 cm³/mol. The minimum absolute atomic E-state index is 0.112. The molecule has 9 heteroatoms. The molecule has 1 unspecified atom stereocenters. The van der Waals surface area contributed by atoms with Crippen LogP contribution in [0.1, 0.15) is 35.6 Å². The third-order valence-corrected chi connectivity index (χ3v) is 6.20. The topological polar surface area (TPSA) is 103 Å². The molecule has 0 aliphatic heterocycles. The number of amides is 1. The average molecular weight is 522 g/mol. The Morgan fingerprint density at radius 3 is 2.26 bits per heavy atom. The normalized spacial score (nSPS) is 14.6. The molecule has 198 valence electrons. The first kappa shape index (κ1) is 27.1. The Hall–Kier alpha value is -3.95. The first-order chi connectivity index (χ1) is 18.2. The Morgan fingerprint density at radius 2 is 1.61 bits per heavy atom. The van der Waals surface area contributed by atoms with Crippen molar-refractivity contribution < 1.29 is 18.0 Å².